The number of furan rings is 1. The highest BCUT2D eigenvalue weighted by atomic mass is 16.5. The molecule has 3 rings (SSSR count). The molecule has 0 radical (unpaired) electrons. The van der Waals surface area contributed by atoms with Crippen molar-refractivity contribution in [1.82, 2.24) is 0 Å². The second-order valence-corrected chi connectivity index (χ2v) is 7.89. The smallest absolute Gasteiger partial charge is 0.309 e. The summed E-state index contributed by atoms with van der Waals surface area (Å²) in [5, 5.41) is 10.5. The molecule has 132 valence electrons. The Morgan fingerprint density at radius 1 is 1.42 bits per heavy atom. The fourth-order valence-corrected chi connectivity index (χ4v) is 4.36. The molecule has 0 bridgehead atoms. The van der Waals surface area contributed by atoms with Crippen molar-refractivity contribution in [1.29, 1.82) is 0 Å². The molecule has 0 spiro atoms. The molecule has 1 aromatic rings. The quantitative estimate of drug-likeness (QED) is 0.838. The Labute approximate surface area is 142 Å². The van der Waals surface area contributed by atoms with E-state index < -0.39 is 23.5 Å². The van der Waals surface area contributed by atoms with Gasteiger partial charge in [0.1, 0.15) is 6.10 Å². The highest BCUT2D eigenvalue weighted by Gasteiger charge is 2.61. The summed E-state index contributed by atoms with van der Waals surface area (Å²) in [6, 6.07) is 0. The molecule has 5 unspecified atom stereocenters. The van der Waals surface area contributed by atoms with E-state index in [0.29, 0.717) is 12.0 Å². The fourth-order valence-electron chi connectivity index (χ4n) is 4.36. The van der Waals surface area contributed by atoms with Crippen LogP contribution in [-0.2, 0) is 9.53 Å². The van der Waals surface area contributed by atoms with E-state index in [1.165, 1.54) is 6.26 Å². The van der Waals surface area contributed by atoms with Crippen LogP contribution in [-0.4, -0.2) is 23.0 Å². The van der Waals surface area contributed by atoms with Crippen molar-refractivity contribution in [3.8, 4) is 0 Å². The predicted molar refractivity (Wildman–Crippen MR) is 87.4 cm³/mol. The first-order valence-corrected chi connectivity index (χ1v) is 8.70. The lowest BCUT2D eigenvalue weighted by molar-refractivity contribution is -0.176. The Morgan fingerprint density at radius 3 is 2.71 bits per heavy atom. The number of aryl methyl sites for hydroxylation is 1. The molecule has 1 fully saturated rings. The van der Waals surface area contributed by atoms with Crippen LogP contribution in [0.15, 0.2) is 10.7 Å². The van der Waals surface area contributed by atoms with E-state index in [1.54, 1.807) is 13.8 Å². The van der Waals surface area contributed by atoms with Crippen LogP contribution >= 0.6 is 0 Å². The lowest BCUT2D eigenvalue weighted by atomic mass is 9.53. The molecule has 5 heteroatoms. The molecular formula is C19H26O5. The van der Waals surface area contributed by atoms with Crippen molar-refractivity contribution < 1.29 is 23.8 Å². The first kappa shape index (κ1) is 17.2. The number of hydrogen-bond acceptors (Lipinski definition) is 5. The second-order valence-electron chi connectivity index (χ2n) is 7.89. The lowest BCUT2D eigenvalue weighted by Crippen LogP contribution is -2.55. The lowest BCUT2D eigenvalue weighted by Gasteiger charge is -2.53. The zero-order valence-electron chi connectivity index (χ0n) is 15.0. The van der Waals surface area contributed by atoms with Crippen molar-refractivity contribution in [3.05, 3.63) is 23.2 Å². The van der Waals surface area contributed by atoms with Crippen molar-refractivity contribution in [2.24, 2.45) is 23.2 Å². The van der Waals surface area contributed by atoms with Gasteiger partial charge in [0.25, 0.3) is 0 Å². The zero-order chi connectivity index (χ0) is 17.8. The number of aliphatic hydroxyl groups excluding tert-OH is 1. The van der Waals surface area contributed by atoms with Crippen LogP contribution in [0.3, 0.4) is 0 Å². The molecule has 5 atom stereocenters. The Bertz CT molecular complexity index is 673. The number of ether oxygens (including phenoxy) is 1. The van der Waals surface area contributed by atoms with Gasteiger partial charge >= 0.3 is 5.97 Å². The molecule has 24 heavy (non-hydrogen) atoms. The minimum Gasteiger partial charge on any atom is -0.460 e. The van der Waals surface area contributed by atoms with Crippen molar-refractivity contribution in [2.75, 3.05) is 0 Å². The van der Waals surface area contributed by atoms with Crippen LogP contribution in [0.5, 0.6) is 0 Å². The summed E-state index contributed by atoms with van der Waals surface area (Å²) in [4.78, 5) is 25.3. The topological polar surface area (TPSA) is 76.7 Å². The Balaban J connectivity index is 2.18. The molecule has 0 aliphatic heterocycles. The predicted octanol–water partition coefficient (Wildman–Crippen LogP) is 3.44. The average molecular weight is 334 g/mol. The van der Waals surface area contributed by atoms with Crippen LogP contribution < -0.4 is 0 Å². The minimum atomic E-state index is -0.738. The monoisotopic (exact) mass is 334 g/mol. The first-order chi connectivity index (χ1) is 11.2. The first-order valence-electron chi connectivity index (χ1n) is 8.70. The molecule has 0 aromatic carbocycles. The molecule has 1 N–H and O–H groups in total. The van der Waals surface area contributed by atoms with Crippen molar-refractivity contribution in [2.45, 2.75) is 59.7 Å². The number of hydrogen-bond donors (Lipinski definition) is 1. The maximum absolute atomic E-state index is 13.0. The van der Waals surface area contributed by atoms with E-state index >= 15 is 0 Å². The van der Waals surface area contributed by atoms with E-state index in [-0.39, 0.29) is 29.3 Å². The van der Waals surface area contributed by atoms with E-state index in [2.05, 4.69) is 6.92 Å². The number of aliphatic hydroxyl groups is 1. The third kappa shape index (κ3) is 2.25. The van der Waals surface area contributed by atoms with Gasteiger partial charge in [0, 0.05) is 11.0 Å². The average Bonchev–Trinajstić information content (AvgIpc) is 2.89. The molecule has 5 nitrogen and oxygen atoms in total. The number of ketones is 1. The molecule has 2 aliphatic rings. The standard InChI is InChI=1S/C19H26O5/c1-9(2)18(22)24-17-13-10(3)8-23-16(13)15(21)14-12(20)7-6-11(4)19(14,17)5/h8-9,11-12,14,17,20H,6-7H2,1-5H3. The van der Waals surface area contributed by atoms with Crippen LogP contribution in [0, 0.1) is 30.1 Å². The van der Waals surface area contributed by atoms with Gasteiger partial charge in [-0.1, -0.05) is 27.7 Å². The highest BCUT2D eigenvalue weighted by molar-refractivity contribution is 5.99. The Hall–Kier alpha value is -1.62. The fraction of sp³-hybridized carbons (Fsp3) is 0.684. The normalized spacial score (nSPS) is 35.5. The van der Waals surface area contributed by atoms with Gasteiger partial charge in [0.2, 0.25) is 5.78 Å². The van der Waals surface area contributed by atoms with Crippen LogP contribution in [0.4, 0.5) is 0 Å². The van der Waals surface area contributed by atoms with Gasteiger partial charge in [-0.15, -0.1) is 0 Å². The van der Waals surface area contributed by atoms with E-state index in [4.69, 9.17) is 9.15 Å². The third-order valence-electron chi connectivity index (χ3n) is 6.07. The summed E-state index contributed by atoms with van der Waals surface area (Å²) >= 11 is 0. The highest BCUT2D eigenvalue weighted by Crippen LogP contribution is 2.59. The van der Waals surface area contributed by atoms with Crippen LogP contribution in [0.25, 0.3) is 0 Å². The summed E-state index contributed by atoms with van der Waals surface area (Å²) in [6.45, 7) is 9.48. The summed E-state index contributed by atoms with van der Waals surface area (Å²) < 4.78 is 11.4. The molecule has 1 saturated carbocycles. The Morgan fingerprint density at radius 2 is 2.08 bits per heavy atom. The summed E-state index contributed by atoms with van der Waals surface area (Å²) in [5.74, 6) is -0.954. The van der Waals surface area contributed by atoms with Crippen LogP contribution in [0.1, 0.15) is 68.3 Å². The van der Waals surface area contributed by atoms with Gasteiger partial charge in [0.05, 0.1) is 24.2 Å². The number of rotatable bonds is 2. The molecule has 0 amide bonds. The zero-order valence-corrected chi connectivity index (χ0v) is 15.0. The Kier molecular flexibility index (Phi) is 4.11. The molecule has 1 aromatic heterocycles. The van der Waals surface area contributed by atoms with Crippen LogP contribution in [0.2, 0.25) is 0 Å². The maximum atomic E-state index is 13.0. The summed E-state index contributed by atoms with van der Waals surface area (Å²) in [5.41, 5.74) is 0.849. The largest absolute Gasteiger partial charge is 0.460 e. The minimum absolute atomic E-state index is 0.141. The van der Waals surface area contributed by atoms with Gasteiger partial charge in [-0.05, 0) is 31.2 Å². The van der Waals surface area contributed by atoms with Gasteiger partial charge in [-0.2, -0.15) is 0 Å². The van der Waals surface area contributed by atoms with E-state index in [9.17, 15) is 14.7 Å². The SMILES string of the molecule is Cc1coc2c1C(OC(=O)C(C)C)C1(C)C(C)CCC(O)C1C2=O. The van der Waals surface area contributed by atoms with Gasteiger partial charge in [-0.25, -0.2) is 0 Å². The van der Waals surface area contributed by atoms with E-state index in [0.717, 1.165) is 12.0 Å². The van der Waals surface area contributed by atoms with Gasteiger partial charge in [-0.3, -0.25) is 9.59 Å². The number of Topliss-reactive ketones (excluding diaryl/α,β-unsaturated/α-hetero) is 1. The van der Waals surface area contributed by atoms with Gasteiger partial charge in [0.15, 0.2) is 5.76 Å². The number of carbonyl (C=O) groups excluding carboxylic acids is 2. The molecule has 2 aliphatic carbocycles. The maximum Gasteiger partial charge on any atom is 0.309 e. The molecular weight excluding hydrogens is 308 g/mol. The summed E-state index contributed by atoms with van der Waals surface area (Å²) in [7, 11) is 0. The van der Waals surface area contributed by atoms with Gasteiger partial charge < -0.3 is 14.3 Å². The van der Waals surface area contributed by atoms with Crippen molar-refractivity contribution >= 4 is 11.8 Å². The van der Waals surface area contributed by atoms with E-state index in [1.807, 2.05) is 13.8 Å². The third-order valence-corrected chi connectivity index (χ3v) is 6.07. The molecule has 0 saturated heterocycles. The number of carbonyl (C=O) groups is 2. The summed E-state index contributed by atoms with van der Waals surface area (Å²) in [6.07, 6.45) is 1.60. The van der Waals surface area contributed by atoms with Crippen molar-refractivity contribution in [3.63, 3.8) is 0 Å². The molecule has 1 heterocycles. The second kappa shape index (κ2) is 5.73. The number of fused-ring (bicyclic) bond motifs is 2. The number of esters is 1.